The van der Waals surface area contributed by atoms with E-state index in [9.17, 15) is 18.8 Å². The van der Waals surface area contributed by atoms with Crippen LogP contribution in [0.15, 0.2) is 30.3 Å². The molecule has 0 aromatic heterocycles. The first-order valence-corrected chi connectivity index (χ1v) is 8.93. The average Bonchev–Trinajstić information content (AvgIpc) is 2.70. The Kier molecular flexibility index (Phi) is 7.56. The van der Waals surface area contributed by atoms with Crippen LogP contribution in [0.4, 0.5) is 9.18 Å². The van der Waals surface area contributed by atoms with E-state index in [2.05, 4.69) is 5.32 Å². The summed E-state index contributed by atoms with van der Waals surface area (Å²) < 4.78 is 17.9. The summed E-state index contributed by atoms with van der Waals surface area (Å²) in [6, 6.07) is 7.72. The van der Waals surface area contributed by atoms with Crippen molar-refractivity contribution >= 4 is 17.8 Å². The van der Waals surface area contributed by atoms with Gasteiger partial charge in [-0.3, -0.25) is 14.5 Å². The Labute approximate surface area is 152 Å². The molecule has 2 unspecified atom stereocenters. The van der Waals surface area contributed by atoms with Crippen LogP contribution in [0.2, 0.25) is 0 Å². The number of likely N-dealkylation sites (tertiary alicyclic amines) is 1. The molecule has 0 radical (unpaired) electrons. The number of Topliss-reactive ketones (excluding diaryl/α,β-unsaturated/α-hetero) is 1. The van der Waals surface area contributed by atoms with E-state index in [0.29, 0.717) is 19.4 Å². The fraction of sp³-hybridized carbons (Fsp3) is 0.526. The van der Waals surface area contributed by atoms with Crippen molar-refractivity contribution in [1.82, 2.24) is 10.2 Å². The van der Waals surface area contributed by atoms with Crippen LogP contribution in [-0.4, -0.2) is 48.0 Å². The molecule has 1 aliphatic heterocycles. The SMILES string of the molecule is CCC(NC(=O)C1CCCCN1C(=O)OCc1ccccc1)C(=O)CF. The molecular weight excluding hydrogens is 339 g/mol. The Morgan fingerprint density at radius 3 is 2.65 bits per heavy atom. The van der Waals surface area contributed by atoms with Crippen molar-refractivity contribution in [2.24, 2.45) is 0 Å². The maximum Gasteiger partial charge on any atom is 0.410 e. The maximum atomic E-state index is 12.6. The Hall–Kier alpha value is -2.44. The standard InChI is InChI=1S/C19H25FN2O4/c1-2-15(17(23)12-20)21-18(24)16-10-6-7-11-22(16)19(25)26-13-14-8-4-3-5-9-14/h3-5,8-9,15-16H,2,6-7,10-13H2,1H3,(H,21,24). The number of hydrogen-bond acceptors (Lipinski definition) is 4. The lowest BCUT2D eigenvalue weighted by Crippen LogP contribution is -2.55. The minimum absolute atomic E-state index is 0.127. The quantitative estimate of drug-likeness (QED) is 0.807. The van der Waals surface area contributed by atoms with Crippen molar-refractivity contribution in [2.45, 2.75) is 51.3 Å². The number of carbonyl (C=O) groups is 3. The number of halogens is 1. The lowest BCUT2D eigenvalue weighted by atomic mass is 10.0. The van der Waals surface area contributed by atoms with Crippen LogP contribution < -0.4 is 5.32 Å². The van der Waals surface area contributed by atoms with Gasteiger partial charge < -0.3 is 10.1 Å². The number of ketones is 1. The monoisotopic (exact) mass is 364 g/mol. The Morgan fingerprint density at radius 2 is 2.00 bits per heavy atom. The molecule has 0 spiro atoms. The molecule has 0 saturated carbocycles. The predicted octanol–water partition coefficient (Wildman–Crippen LogP) is 2.61. The molecule has 1 aromatic rings. The average molecular weight is 364 g/mol. The van der Waals surface area contributed by atoms with Gasteiger partial charge in [0.25, 0.3) is 0 Å². The summed E-state index contributed by atoms with van der Waals surface area (Å²) in [5, 5.41) is 2.57. The third-order valence-electron chi connectivity index (χ3n) is 4.49. The highest BCUT2D eigenvalue weighted by atomic mass is 19.1. The molecule has 1 aromatic carbocycles. The largest absolute Gasteiger partial charge is 0.445 e. The van der Waals surface area contributed by atoms with Crippen LogP contribution >= 0.6 is 0 Å². The summed E-state index contributed by atoms with van der Waals surface area (Å²) in [7, 11) is 0. The number of benzene rings is 1. The van der Waals surface area contributed by atoms with E-state index in [1.165, 1.54) is 4.90 Å². The predicted molar refractivity (Wildman–Crippen MR) is 94.2 cm³/mol. The minimum atomic E-state index is -1.12. The van der Waals surface area contributed by atoms with E-state index in [4.69, 9.17) is 4.74 Å². The van der Waals surface area contributed by atoms with Crippen LogP contribution in [0.5, 0.6) is 0 Å². The van der Waals surface area contributed by atoms with Gasteiger partial charge in [0.1, 0.15) is 19.3 Å². The molecule has 1 aliphatic rings. The van der Waals surface area contributed by atoms with Crippen molar-refractivity contribution in [1.29, 1.82) is 0 Å². The van der Waals surface area contributed by atoms with Crippen molar-refractivity contribution in [3.8, 4) is 0 Å². The molecule has 0 bridgehead atoms. The number of alkyl halides is 1. The topological polar surface area (TPSA) is 75.7 Å². The van der Waals surface area contributed by atoms with Gasteiger partial charge in [-0.2, -0.15) is 0 Å². The number of nitrogens with zero attached hydrogens (tertiary/aromatic N) is 1. The fourth-order valence-electron chi connectivity index (χ4n) is 3.00. The van der Waals surface area contributed by atoms with Crippen LogP contribution in [0.25, 0.3) is 0 Å². The summed E-state index contributed by atoms with van der Waals surface area (Å²) in [6.45, 7) is 1.12. The first-order chi connectivity index (χ1) is 12.6. The van der Waals surface area contributed by atoms with Gasteiger partial charge in [0.2, 0.25) is 5.91 Å². The van der Waals surface area contributed by atoms with E-state index >= 15 is 0 Å². The molecule has 1 N–H and O–H groups in total. The molecule has 26 heavy (non-hydrogen) atoms. The van der Waals surface area contributed by atoms with Gasteiger partial charge in [0, 0.05) is 6.54 Å². The number of amides is 2. The van der Waals surface area contributed by atoms with Crippen LogP contribution in [0.3, 0.4) is 0 Å². The third-order valence-corrected chi connectivity index (χ3v) is 4.49. The second kappa shape index (κ2) is 9.89. The molecule has 6 nitrogen and oxygen atoms in total. The van der Waals surface area contributed by atoms with Gasteiger partial charge in [-0.25, -0.2) is 9.18 Å². The van der Waals surface area contributed by atoms with Crippen LogP contribution in [-0.2, 0) is 20.9 Å². The van der Waals surface area contributed by atoms with Gasteiger partial charge in [0.05, 0.1) is 6.04 Å². The number of nitrogens with one attached hydrogen (secondary N) is 1. The van der Waals surface area contributed by atoms with Gasteiger partial charge in [-0.15, -0.1) is 0 Å². The van der Waals surface area contributed by atoms with Crippen molar-refractivity contribution < 1.29 is 23.5 Å². The highest BCUT2D eigenvalue weighted by molar-refractivity contribution is 5.92. The molecule has 1 fully saturated rings. The summed E-state index contributed by atoms with van der Waals surface area (Å²) in [4.78, 5) is 37.9. The van der Waals surface area contributed by atoms with Gasteiger partial charge in [-0.1, -0.05) is 37.3 Å². The smallest absolute Gasteiger partial charge is 0.410 e. The molecule has 1 heterocycles. The van der Waals surface area contributed by atoms with Crippen molar-refractivity contribution in [2.75, 3.05) is 13.2 Å². The van der Waals surface area contributed by atoms with Gasteiger partial charge in [0.15, 0.2) is 5.78 Å². The highest BCUT2D eigenvalue weighted by Crippen LogP contribution is 2.19. The van der Waals surface area contributed by atoms with E-state index in [0.717, 1.165) is 18.4 Å². The summed E-state index contributed by atoms with van der Waals surface area (Å²) in [5.41, 5.74) is 0.860. The second-order valence-electron chi connectivity index (χ2n) is 6.31. The summed E-state index contributed by atoms with van der Waals surface area (Å²) in [6.07, 6.45) is 1.82. The second-order valence-corrected chi connectivity index (χ2v) is 6.31. The van der Waals surface area contributed by atoms with E-state index in [-0.39, 0.29) is 6.61 Å². The van der Waals surface area contributed by atoms with Crippen LogP contribution in [0.1, 0.15) is 38.2 Å². The zero-order chi connectivity index (χ0) is 18.9. The summed E-state index contributed by atoms with van der Waals surface area (Å²) >= 11 is 0. The molecule has 2 rings (SSSR count). The van der Waals surface area contributed by atoms with Gasteiger partial charge >= 0.3 is 6.09 Å². The number of rotatable bonds is 7. The molecule has 142 valence electrons. The maximum absolute atomic E-state index is 12.6. The lowest BCUT2D eigenvalue weighted by Gasteiger charge is -2.34. The Morgan fingerprint density at radius 1 is 1.27 bits per heavy atom. The first-order valence-electron chi connectivity index (χ1n) is 8.93. The third kappa shape index (κ3) is 5.28. The molecule has 0 aliphatic carbocycles. The zero-order valence-corrected chi connectivity index (χ0v) is 14.9. The molecule has 7 heteroatoms. The molecular formula is C19H25FN2O4. The Bertz CT molecular complexity index is 623. The number of hydrogen-bond donors (Lipinski definition) is 1. The van der Waals surface area contributed by atoms with E-state index in [1.54, 1.807) is 6.92 Å². The van der Waals surface area contributed by atoms with Crippen molar-refractivity contribution in [3.05, 3.63) is 35.9 Å². The first kappa shape index (κ1) is 19.9. The zero-order valence-electron chi connectivity index (χ0n) is 14.9. The van der Waals surface area contributed by atoms with E-state index in [1.807, 2.05) is 30.3 Å². The van der Waals surface area contributed by atoms with Crippen molar-refractivity contribution in [3.63, 3.8) is 0 Å². The van der Waals surface area contributed by atoms with E-state index < -0.39 is 36.5 Å². The number of carbonyl (C=O) groups excluding carboxylic acids is 3. The molecule has 2 amide bonds. The summed E-state index contributed by atoms with van der Waals surface area (Å²) in [5.74, 6) is -1.09. The molecule has 2 atom stereocenters. The lowest BCUT2D eigenvalue weighted by molar-refractivity contribution is -0.132. The highest BCUT2D eigenvalue weighted by Gasteiger charge is 2.34. The normalized spacial score (nSPS) is 18.1. The molecule has 1 saturated heterocycles. The van der Waals surface area contributed by atoms with Gasteiger partial charge in [-0.05, 0) is 31.2 Å². The Balaban J connectivity index is 1.98. The minimum Gasteiger partial charge on any atom is -0.445 e. The van der Waals surface area contributed by atoms with Crippen LogP contribution in [0, 0.1) is 0 Å². The number of ether oxygens (including phenoxy) is 1. The fourth-order valence-corrected chi connectivity index (χ4v) is 3.00. The number of piperidine rings is 1.